The van der Waals surface area contributed by atoms with E-state index in [2.05, 4.69) is 10.6 Å². The highest BCUT2D eigenvalue weighted by Gasteiger charge is 2.36. The zero-order valence-electron chi connectivity index (χ0n) is 15.2. The second kappa shape index (κ2) is 8.15. The molecule has 0 unspecified atom stereocenters. The van der Waals surface area contributed by atoms with Crippen LogP contribution < -0.4 is 10.6 Å². The van der Waals surface area contributed by atoms with E-state index < -0.39 is 23.2 Å². The Morgan fingerprint density at radius 2 is 1.67 bits per heavy atom. The lowest BCUT2D eigenvalue weighted by Gasteiger charge is -2.23. The van der Waals surface area contributed by atoms with Crippen molar-refractivity contribution in [2.45, 2.75) is 13.8 Å². The smallest absolute Gasteiger partial charge is 0.339 e. The number of ether oxygens (including phenoxy) is 1. The lowest BCUT2D eigenvalue weighted by molar-refractivity contribution is -0.135. The van der Waals surface area contributed by atoms with Crippen molar-refractivity contribution >= 4 is 29.2 Å². The number of hydrogen-bond acceptors (Lipinski definition) is 5. The third-order valence-corrected chi connectivity index (χ3v) is 3.97. The number of hydrogen-bond donors (Lipinski definition) is 2. The number of amides is 2. The molecule has 7 heteroatoms. The van der Waals surface area contributed by atoms with Crippen LogP contribution in [0, 0.1) is 16.7 Å². The van der Waals surface area contributed by atoms with Gasteiger partial charge >= 0.3 is 5.97 Å². The Kier molecular flexibility index (Phi) is 5.93. The summed E-state index contributed by atoms with van der Waals surface area (Å²) in [5, 5.41) is 14.2. The molecule has 0 saturated carbocycles. The van der Waals surface area contributed by atoms with Crippen LogP contribution in [0.3, 0.4) is 0 Å². The van der Waals surface area contributed by atoms with Crippen LogP contribution in [0.25, 0.3) is 0 Å². The quantitative estimate of drug-likeness (QED) is 0.625. The van der Waals surface area contributed by atoms with Crippen LogP contribution in [0.5, 0.6) is 0 Å². The Morgan fingerprint density at radius 3 is 2.33 bits per heavy atom. The van der Waals surface area contributed by atoms with E-state index in [9.17, 15) is 14.4 Å². The summed E-state index contributed by atoms with van der Waals surface area (Å²) < 4.78 is 4.70. The SMILES string of the molecule is COC(=O)c1ccccc1NC(=O)C(C)(C)C(=O)Nc1cccc(C#N)c1. The molecule has 0 bridgehead atoms. The number of benzene rings is 2. The maximum absolute atomic E-state index is 12.7. The van der Waals surface area contributed by atoms with Crippen molar-refractivity contribution in [3.8, 4) is 6.07 Å². The minimum atomic E-state index is -1.44. The van der Waals surface area contributed by atoms with Crippen LogP contribution in [-0.4, -0.2) is 24.9 Å². The van der Waals surface area contributed by atoms with Gasteiger partial charge in [0.2, 0.25) is 11.8 Å². The zero-order valence-corrected chi connectivity index (χ0v) is 15.2. The van der Waals surface area contributed by atoms with Gasteiger partial charge in [-0.15, -0.1) is 0 Å². The first-order valence-electron chi connectivity index (χ1n) is 8.10. The molecule has 7 nitrogen and oxygen atoms in total. The summed E-state index contributed by atoms with van der Waals surface area (Å²) in [5.41, 5.74) is -0.198. The second-order valence-electron chi connectivity index (χ2n) is 6.26. The molecule has 27 heavy (non-hydrogen) atoms. The molecule has 0 saturated heterocycles. The maximum atomic E-state index is 12.7. The van der Waals surface area contributed by atoms with Gasteiger partial charge in [-0.1, -0.05) is 18.2 Å². The van der Waals surface area contributed by atoms with Gasteiger partial charge in [0.15, 0.2) is 0 Å². The van der Waals surface area contributed by atoms with Crippen LogP contribution in [0.1, 0.15) is 29.8 Å². The first-order valence-corrected chi connectivity index (χ1v) is 8.10. The van der Waals surface area contributed by atoms with E-state index in [-0.39, 0.29) is 11.3 Å². The minimum Gasteiger partial charge on any atom is -0.465 e. The third-order valence-electron chi connectivity index (χ3n) is 3.97. The lowest BCUT2D eigenvalue weighted by atomic mass is 9.90. The predicted molar refractivity (Wildman–Crippen MR) is 100.0 cm³/mol. The van der Waals surface area contributed by atoms with Crippen molar-refractivity contribution in [3.63, 3.8) is 0 Å². The van der Waals surface area contributed by atoms with Gasteiger partial charge in [-0.2, -0.15) is 5.26 Å². The number of para-hydroxylation sites is 1. The van der Waals surface area contributed by atoms with Crippen LogP contribution >= 0.6 is 0 Å². The van der Waals surface area contributed by atoms with E-state index >= 15 is 0 Å². The standard InChI is InChI=1S/C20H19N3O4/c1-20(2,18(25)22-14-8-6-7-13(11-14)12-21)19(26)23-16-10-5-4-9-15(16)17(24)27-3/h4-11H,1-3H3,(H,22,25)(H,23,26). The summed E-state index contributed by atoms with van der Waals surface area (Å²) >= 11 is 0. The average molecular weight is 365 g/mol. The number of esters is 1. The van der Waals surface area contributed by atoms with Gasteiger partial charge < -0.3 is 15.4 Å². The maximum Gasteiger partial charge on any atom is 0.339 e. The fourth-order valence-electron chi connectivity index (χ4n) is 2.22. The zero-order chi connectivity index (χ0) is 20.0. The minimum absolute atomic E-state index is 0.186. The van der Waals surface area contributed by atoms with Crippen molar-refractivity contribution in [3.05, 3.63) is 59.7 Å². The summed E-state index contributed by atoms with van der Waals surface area (Å²) in [4.78, 5) is 37.1. The van der Waals surface area contributed by atoms with Crippen molar-refractivity contribution < 1.29 is 19.1 Å². The van der Waals surface area contributed by atoms with Crippen LogP contribution in [0.4, 0.5) is 11.4 Å². The van der Waals surface area contributed by atoms with Crippen molar-refractivity contribution in [2.75, 3.05) is 17.7 Å². The summed E-state index contributed by atoms with van der Waals surface area (Å²) in [6, 6.07) is 14.7. The molecule has 2 aromatic carbocycles. The summed E-state index contributed by atoms with van der Waals surface area (Å²) in [6.07, 6.45) is 0. The predicted octanol–water partition coefficient (Wildman–Crippen LogP) is 2.95. The number of nitriles is 1. The van der Waals surface area contributed by atoms with Crippen LogP contribution in [0.15, 0.2) is 48.5 Å². The Labute approximate surface area is 156 Å². The molecule has 2 amide bonds. The summed E-state index contributed by atoms with van der Waals surface area (Å²) in [5.74, 6) is -1.74. The van der Waals surface area contributed by atoms with Gasteiger partial charge in [-0.25, -0.2) is 4.79 Å². The number of anilines is 2. The lowest BCUT2D eigenvalue weighted by Crippen LogP contribution is -2.41. The summed E-state index contributed by atoms with van der Waals surface area (Å²) in [7, 11) is 1.24. The molecule has 0 aliphatic carbocycles. The Hall–Kier alpha value is -3.66. The van der Waals surface area contributed by atoms with E-state index in [1.807, 2.05) is 6.07 Å². The Morgan fingerprint density at radius 1 is 1.00 bits per heavy atom. The fraction of sp³-hybridized carbons (Fsp3) is 0.200. The molecular formula is C20H19N3O4. The molecule has 0 aliphatic heterocycles. The molecule has 0 atom stereocenters. The number of rotatable bonds is 5. The molecule has 2 rings (SSSR count). The highest BCUT2D eigenvalue weighted by molar-refractivity contribution is 6.15. The number of carbonyl (C=O) groups is 3. The number of nitrogens with one attached hydrogen (secondary N) is 2. The van der Waals surface area contributed by atoms with Gasteiger partial charge in [-0.3, -0.25) is 9.59 Å². The van der Waals surface area contributed by atoms with Gasteiger partial charge in [0.25, 0.3) is 0 Å². The number of methoxy groups -OCH3 is 1. The van der Waals surface area contributed by atoms with Crippen LogP contribution in [0.2, 0.25) is 0 Å². The van der Waals surface area contributed by atoms with E-state index in [1.54, 1.807) is 36.4 Å². The van der Waals surface area contributed by atoms with Crippen molar-refractivity contribution in [1.29, 1.82) is 5.26 Å². The van der Waals surface area contributed by atoms with Crippen LogP contribution in [-0.2, 0) is 14.3 Å². The van der Waals surface area contributed by atoms with Gasteiger partial charge in [0.05, 0.1) is 30.0 Å². The average Bonchev–Trinajstić information content (AvgIpc) is 2.67. The topological polar surface area (TPSA) is 108 Å². The molecule has 0 fully saturated rings. The van der Waals surface area contributed by atoms with E-state index in [4.69, 9.17) is 10.00 Å². The van der Waals surface area contributed by atoms with E-state index in [1.165, 1.54) is 33.1 Å². The fourth-order valence-corrected chi connectivity index (χ4v) is 2.22. The largest absolute Gasteiger partial charge is 0.465 e. The highest BCUT2D eigenvalue weighted by atomic mass is 16.5. The Bertz CT molecular complexity index is 929. The highest BCUT2D eigenvalue weighted by Crippen LogP contribution is 2.24. The Balaban J connectivity index is 2.18. The first kappa shape index (κ1) is 19.7. The normalized spacial score (nSPS) is 10.4. The molecule has 138 valence electrons. The molecule has 0 spiro atoms. The first-order chi connectivity index (χ1) is 12.8. The van der Waals surface area contributed by atoms with Gasteiger partial charge in [-0.05, 0) is 44.2 Å². The van der Waals surface area contributed by atoms with Crippen molar-refractivity contribution in [1.82, 2.24) is 0 Å². The van der Waals surface area contributed by atoms with Gasteiger partial charge in [0, 0.05) is 5.69 Å². The molecule has 2 aromatic rings. The molecule has 0 aliphatic rings. The van der Waals surface area contributed by atoms with Gasteiger partial charge in [0.1, 0.15) is 5.41 Å². The summed E-state index contributed by atoms with van der Waals surface area (Å²) in [6.45, 7) is 2.93. The van der Waals surface area contributed by atoms with E-state index in [0.717, 1.165) is 0 Å². The van der Waals surface area contributed by atoms with E-state index in [0.29, 0.717) is 11.3 Å². The molecular weight excluding hydrogens is 346 g/mol. The monoisotopic (exact) mass is 365 g/mol. The molecule has 0 aromatic heterocycles. The molecule has 0 radical (unpaired) electrons. The number of nitrogens with zero attached hydrogens (tertiary/aromatic N) is 1. The number of carbonyl (C=O) groups excluding carboxylic acids is 3. The third kappa shape index (κ3) is 4.50. The molecule has 2 N–H and O–H groups in total. The molecule has 0 heterocycles. The van der Waals surface area contributed by atoms with Crippen molar-refractivity contribution in [2.24, 2.45) is 5.41 Å². The second-order valence-corrected chi connectivity index (χ2v) is 6.26.